The molecule has 1 aliphatic carbocycles. The highest BCUT2D eigenvalue weighted by atomic mass is 16.2. The molecule has 1 N–H and O–H groups in total. The summed E-state index contributed by atoms with van der Waals surface area (Å²) in [4.78, 5) is 14.8. The van der Waals surface area contributed by atoms with Crippen LogP contribution in [0.2, 0.25) is 0 Å². The molecule has 2 fully saturated rings. The van der Waals surface area contributed by atoms with Crippen LogP contribution < -0.4 is 5.32 Å². The molecule has 0 radical (unpaired) electrons. The molecule has 0 bridgehead atoms. The van der Waals surface area contributed by atoms with Crippen molar-refractivity contribution >= 4 is 11.7 Å². The Morgan fingerprint density at radius 2 is 1.78 bits per heavy atom. The van der Waals surface area contributed by atoms with Gasteiger partial charge in [-0.25, -0.2) is 4.68 Å². The van der Waals surface area contributed by atoms with E-state index in [0.29, 0.717) is 12.6 Å². The number of carbonyl (C=O) groups is 1. The molecule has 1 saturated carbocycles. The number of hydrogen-bond acceptors (Lipinski definition) is 3. The molecule has 144 valence electrons. The number of aromatic nitrogens is 2. The first kappa shape index (κ1) is 18.2. The zero-order chi connectivity index (χ0) is 18.5. The lowest BCUT2D eigenvalue weighted by Gasteiger charge is -2.31. The summed E-state index contributed by atoms with van der Waals surface area (Å²) < 4.78 is 2.01. The van der Waals surface area contributed by atoms with Gasteiger partial charge in [-0.3, -0.25) is 9.69 Å². The normalized spacial score (nSPS) is 19.4. The van der Waals surface area contributed by atoms with E-state index in [0.717, 1.165) is 31.2 Å². The van der Waals surface area contributed by atoms with Gasteiger partial charge in [0.15, 0.2) is 0 Å². The molecule has 1 saturated heterocycles. The number of nitrogens with one attached hydrogen (secondary N) is 1. The van der Waals surface area contributed by atoms with Crippen LogP contribution in [0.3, 0.4) is 0 Å². The molecule has 1 aromatic heterocycles. The molecule has 1 amide bonds. The number of rotatable bonds is 6. The molecule has 5 nitrogen and oxygen atoms in total. The lowest BCUT2D eigenvalue weighted by molar-refractivity contribution is -0.117. The maximum Gasteiger partial charge on any atom is 0.239 e. The first-order valence-electron chi connectivity index (χ1n) is 10.4. The lowest BCUT2D eigenvalue weighted by atomic mass is 9.90. The number of nitrogens with zero attached hydrogens (tertiary/aromatic N) is 3. The topological polar surface area (TPSA) is 50.2 Å². The predicted octanol–water partition coefficient (Wildman–Crippen LogP) is 3.89. The molecular weight excluding hydrogens is 336 g/mol. The van der Waals surface area contributed by atoms with Crippen molar-refractivity contribution in [2.24, 2.45) is 5.92 Å². The minimum absolute atomic E-state index is 0.0799. The van der Waals surface area contributed by atoms with Crippen molar-refractivity contribution < 1.29 is 4.79 Å². The largest absolute Gasteiger partial charge is 0.310 e. The molecule has 4 rings (SSSR count). The van der Waals surface area contributed by atoms with Gasteiger partial charge >= 0.3 is 0 Å². The minimum atomic E-state index is 0.0799. The molecule has 2 heterocycles. The van der Waals surface area contributed by atoms with Gasteiger partial charge in [-0.1, -0.05) is 43.2 Å². The smallest absolute Gasteiger partial charge is 0.239 e. The fourth-order valence-electron chi connectivity index (χ4n) is 4.53. The number of anilines is 1. The average molecular weight is 367 g/mol. The molecule has 0 spiro atoms. The van der Waals surface area contributed by atoms with Crippen molar-refractivity contribution in [3.8, 4) is 0 Å². The van der Waals surface area contributed by atoms with Crippen LogP contribution >= 0.6 is 0 Å². The number of benzene rings is 1. The summed E-state index contributed by atoms with van der Waals surface area (Å²) in [5.74, 6) is 1.66. The molecular formula is C22H30N4O. The third kappa shape index (κ3) is 4.78. The van der Waals surface area contributed by atoms with Gasteiger partial charge in [-0.15, -0.1) is 0 Å². The van der Waals surface area contributed by atoms with E-state index in [9.17, 15) is 4.79 Å². The van der Waals surface area contributed by atoms with E-state index >= 15 is 0 Å². The van der Waals surface area contributed by atoms with Gasteiger partial charge in [0.2, 0.25) is 5.91 Å². The second kappa shape index (κ2) is 8.70. The number of hydrogen-bond donors (Lipinski definition) is 1. The van der Waals surface area contributed by atoms with Crippen molar-refractivity contribution in [1.29, 1.82) is 0 Å². The number of amides is 1. The van der Waals surface area contributed by atoms with Gasteiger partial charge in [-0.2, -0.15) is 5.10 Å². The van der Waals surface area contributed by atoms with Crippen molar-refractivity contribution in [1.82, 2.24) is 14.7 Å². The Morgan fingerprint density at radius 3 is 2.52 bits per heavy atom. The average Bonchev–Trinajstić information content (AvgIpc) is 3.36. The Kier molecular flexibility index (Phi) is 5.87. The van der Waals surface area contributed by atoms with E-state index in [4.69, 9.17) is 0 Å². The summed E-state index contributed by atoms with van der Waals surface area (Å²) in [5, 5.41) is 7.52. The van der Waals surface area contributed by atoms with E-state index in [-0.39, 0.29) is 5.91 Å². The quantitative estimate of drug-likeness (QED) is 0.844. The molecule has 1 aliphatic heterocycles. The Hall–Kier alpha value is -2.14. The maximum atomic E-state index is 12.5. The zero-order valence-corrected chi connectivity index (χ0v) is 16.0. The van der Waals surface area contributed by atoms with Crippen LogP contribution in [0.5, 0.6) is 0 Å². The van der Waals surface area contributed by atoms with Gasteiger partial charge in [0, 0.05) is 6.07 Å². The fraction of sp³-hybridized carbons (Fsp3) is 0.545. The Morgan fingerprint density at radius 1 is 1.04 bits per heavy atom. The Bertz CT molecular complexity index is 728. The van der Waals surface area contributed by atoms with E-state index in [1.165, 1.54) is 44.1 Å². The molecule has 0 unspecified atom stereocenters. The van der Waals surface area contributed by atoms with Crippen molar-refractivity contribution in [3.05, 3.63) is 48.2 Å². The third-order valence-electron chi connectivity index (χ3n) is 6.05. The van der Waals surface area contributed by atoms with Crippen LogP contribution in [0, 0.1) is 5.92 Å². The number of carbonyl (C=O) groups excluding carboxylic acids is 1. The van der Waals surface area contributed by atoms with E-state index in [1.807, 2.05) is 10.7 Å². The predicted molar refractivity (Wildman–Crippen MR) is 108 cm³/mol. The number of piperidine rings is 1. The highest BCUT2D eigenvalue weighted by Gasteiger charge is 2.23. The number of likely N-dealkylation sites (tertiary alicyclic amines) is 1. The van der Waals surface area contributed by atoms with E-state index in [1.54, 1.807) is 6.20 Å². The van der Waals surface area contributed by atoms with Crippen LogP contribution in [0.25, 0.3) is 0 Å². The Labute approximate surface area is 161 Å². The summed E-state index contributed by atoms with van der Waals surface area (Å²) in [6.45, 7) is 2.49. The second-order valence-corrected chi connectivity index (χ2v) is 8.06. The highest BCUT2D eigenvalue weighted by molar-refractivity contribution is 5.91. The van der Waals surface area contributed by atoms with Gasteiger partial charge in [0.25, 0.3) is 0 Å². The summed E-state index contributed by atoms with van der Waals surface area (Å²) in [6.07, 6.45) is 10.1. The van der Waals surface area contributed by atoms with Crippen LogP contribution in [-0.2, 0) is 11.2 Å². The fourth-order valence-corrected chi connectivity index (χ4v) is 4.53. The highest BCUT2D eigenvalue weighted by Crippen LogP contribution is 2.31. The van der Waals surface area contributed by atoms with Crippen molar-refractivity contribution in [2.45, 2.75) is 51.0 Å². The monoisotopic (exact) mass is 366 g/mol. The molecule has 2 aliphatic rings. The third-order valence-corrected chi connectivity index (χ3v) is 6.05. The Balaban J connectivity index is 1.23. The second-order valence-electron chi connectivity index (χ2n) is 8.06. The zero-order valence-electron chi connectivity index (χ0n) is 16.0. The lowest BCUT2D eigenvalue weighted by Crippen LogP contribution is -2.39. The molecule has 1 aromatic carbocycles. The first-order valence-corrected chi connectivity index (χ1v) is 10.4. The summed E-state index contributed by atoms with van der Waals surface area (Å²) >= 11 is 0. The summed E-state index contributed by atoms with van der Waals surface area (Å²) in [6, 6.07) is 13.1. The van der Waals surface area contributed by atoms with Gasteiger partial charge in [-0.05, 0) is 56.7 Å². The van der Waals surface area contributed by atoms with Crippen molar-refractivity contribution in [2.75, 3.05) is 25.0 Å². The summed E-state index contributed by atoms with van der Waals surface area (Å²) in [7, 11) is 0. The molecule has 5 heteroatoms. The SMILES string of the molecule is O=C(CN1CCC(Cc2ccccc2)CC1)Nc1ccnn1C1CCCC1. The van der Waals surface area contributed by atoms with Crippen LogP contribution in [0.1, 0.15) is 50.1 Å². The minimum Gasteiger partial charge on any atom is -0.310 e. The van der Waals surface area contributed by atoms with Gasteiger partial charge < -0.3 is 5.32 Å². The van der Waals surface area contributed by atoms with Crippen LogP contribution in [0.4, 0.5) is 5.82 Å². The molecule has 27 heavy (non-hydrogen) atoms. The standard InChI is InChI=1S/C22H30N4O/c27-22(24-21-10-13-23-26(21)20-8-4-5-9-20)17-25-14-11-19(12-15-25)16-18-6-2-1-3-7-18/h1-3,6-7,10,13,19-20H,4-5,8-9,11-12,14-17H2,(H,24,27). The maximum absolute atomic E-state index is 12.5. The van der Waals surface area contributed by atoms with Gasteiger partial charge in [0.05, 0.1) is 18.8 Å². The van der Waals surface area contributed by atoms with E-state index < -0.39 is 0 Å². The van der Waals surface area contributed by atoms with Gasteiger partial charge in [0.1, 0.15) is 5.82 Å². The van der Waals surface area contributed by atoms with Crippen LogP contribution in [-0.4, -0.2) is 40.2 Å². The van der Waals surface area contributed by atoms with Crippen LogP contribution in [0.15, 0.2) is 42.6 Å². The molecule has 2 aromatic rings. The first-order chi connectivity index (χ1) is 13.3. The van der Waals surface area contributed by atoms with Crippen molar-refractivity contribution in [3.63, 3.8) is 0 Å². The molecule has 0 atom stereocenters. The van der Waals surface area contributed by atoms with E-state index in [2.05, 4.69) is 45.6 Å². The summed E-state index contributed by atoms with van der Waals surface area (Å²) in [5.41, 5.74) is 1.42.